The van der Waals surface area contributed by atoms with Gasteiger partial charge in [0.1, 0.15) is 5.75 Å². The summed E-state index contributed by atoms with van der Waals surface area (Å²) in [5.74, 6) is -0.751. The molecule has 1 unspecified atom stereocenters. The lowest BCUT2D eigenvalue weighted by atomic mass is 10.1. The van der Waals surface area contributed by atoms with Crippen molar-refractivity contribution in [1.29, 1.82) is 0 Å². The number of nitrogens with one attached hydrogen (secondary N) is 2. The Kier molecular flexibility index (Phi) is 5.12. The molecule has 0 radical (unpaired) electrons. The van der Waals surface area contributed by atoms with Crippen molar-refractivity contribution in [3.8, 4) is 5.75 Å². The Morgan fingerprint density at radius 2 is 2.04 bits per heavy atom. The first-order valence-corrected chi connectivity index (χ1v) is 7.13. The first-order chi connectivity index (χ1) is 10.8. The quantitative estimate of drug-likeness (QED) is 0.892. The topological polar surface area (TPSA) is 67.4 Å². The van der Waals surface area contributed by atoms with Crippen LogP contribution >= 0.6 is 0 Å². The Balaban J connectivity index is 2.16. The van der Waals surface area contributed by atoms with Crippen molar-refractivity contribution in [2.45, 2.75) is 31.5 Å². The van der Waals surface area contributed by atoms with Crippen molar-refractivity contribution in [2.75, 3.05) is 13.7 Å². The van der Waals surface area contributed by atoms with Crippen molar-refractivity contribution in [1.82, 2.24) is 10.6 Å². The lowest BCUT2D eigenvalue weighted by Crippen LogP contribution is -2.35. The predicted octanol–water partition coefficient (Wildman–Crippen LogP) is 2.11. The predicted molar refractivity (Wildman–Crippen MR) is 76.1 cm³/mol. The number of ether oxygens (including phenoxy) is 1. The van der Waals surface area contributed by atoms with Crippen molar-refractivity contribution in [3.63, 3.8) is 0 Å². The molecule has 1 heterocycles. The summed E-state index contributed by atoms with van der Waals surface area (Å²) in [6.07, 6.45) is -3.31. The molecule has 1 saturated heterocycles. The molecule has 1 aromatic carbocycles. The number of carbonyl (C=O) groups is 2. The Bertz CT molecular complexity index is 602. The molecule has 2 rings (SSSR count). The van der Waals surface area contributed by atoms with E-state index in [1.807, 2.05) is 0 Å². The molecular formula is C15H17F3N2O3. The van der Waals surface area contributed by atoms with E-state index in [0.717, 1.165) is 12.1 Å². The molecule has 2 amide bonds. The minimum Gasteiger partial charge on any atom is -0.497 e. The molecular weight excluding hydrogens is 313 g/mol. The molecule has 0 aromatic heterocycles. The van der Waals surface area contributed by atoms with Crippen LogP contribution in [0.4, 0.5) is 13.2 Å². The average molecular weight is 330 g/mol. The van der Waals surface area contributed by atoms with Crippen LogP contribution in [0.15, 0.2) is 18.2 Å². The maximum atomic E-state index is 12.9. The minimum atomic E-state index is -4.57. The van der Waals surface area contributed by atoms with Gasteiger partial charge in [0.05, 0.1) is 12.7 Å². The van der Waals surface area contributed by atoms with Gasteiger partial charge in [-0.1, -0.05) is 0 Å². The molecule has 0 spiro atoms. The number of alkyl halides is 3. The summed E-state index contributed by atoms with van der Waals surface area (Å²) in [6.45, 7) is 0.426. The summed E-state index contributed by atoms with van der Waals surface area (Å²) in [7, 11) is 1.24. The third kappa shape index (κ3) is 4.61. The van der Waals surface area contributed by atoms with E-state index in [2.05, 4.69) is 10.6 Å². The van der Waals surface area contributed by atoms with Crippen LogP contribution in [0.2, 0.25) is 0 Å². The van der Waals surface area contributed by atoms with Crippen molar-refractivity contribution < 1.29 is 27.5 Å². The minimum absolute atomic E-state index is 0.0392. The van der Waals surface area contributed by atoms with Crippen LogP contribution in [0, 0.1) is 0 Å². The molecule has 0 bridgehead atoms. The number of methoxy groups -OCH3 is 1. The second kappa shape index (κ2) is 6.89. The van der Waals surface area contributed by atoms with Gasteiger partial charge >= 0.3 is 6.18 Å². The van der Waals surface area contributed by atoms with Crippen molar-refractivity contribution in [2.24, 2.45) is 0 Å². The number of benzene rings is 1. The molecule has 2 N–H and O–H groups in total. The van der Waals surface area contributed by atoms with Gasteiger partial charge in [0.25, 0.3) is 5.91 Å². The fourth-order valence-corrected chi connectivity index (χ4v) is 2.35. The Morgan fingerprint density at radius 1 is 1.30 bits per heavy atom. The lowest BCUT2D eigenvalue weighted by molar-refractivity contribution is -0.137. The molecule has 1 atom stereocenters. The van der Waals surface area contributed by atoms with Crippen LogP contribution in [-0.4, -0.2) is 31.5 Å². The highest BCUT2D eigenvalue weighted by Gasteiger charge is 2.32. The summed E-state index contributed by atoms with van der Waals surface area (Å²) >= 11 is 0. The maximum absolute atomic E-state index is 12.9. The number of carbonyl (C=O) groups excluding carboxylic acids is 2. The van der Waals surface area contributed by atoms with Crippen molar-refractivity contribution in [3.05, 3.63) is 29.3 Å². The molecule has 126 valence electrons. The number of hydrogen-bond donors (Lipinski definition) is 2. The summed E-state index contributed by atoms with van der Waals surface area (Å²) in [6, 6.07) is 2.62. The zero-order chi connectivity index (χ0) is 17.0. The summed E-state index contributed by atoms with van der Waals surface area (Å²) in [5.41, 5.74) is -1.07. The second-order valence-electron chi connectivity index (χ2n) is 5.30. The van der Waals surface area contributed by atoms with Crippen molar-refractivity contribution >= 4 is 11.8 Å². The Morgan fingerprint density at radius 3 is 2.70 bits per heavy atom. The molecule has 1 fully saturated rings. The van der Waals surface area contributed by atoms with Crippen LogP contribution in [0.1, 0.15) is 35.2 Å². The van der Waals surface area contributed by atoms with Crippen LogP contribution in [0.3, 0.4) is 0 Å². The largest absolute Gasteiger partial charge is 0.497 e. The SMILES string of the molecule is COc1cc(C(=O)NC2CCNC(=O)CC2)cc(C(F)(F)F)c1. The summed E-state index contributed by atoms with van der Waals surface area (Å²) in [5, 5.41) is 5.35. The highest BCUT2D eigenvalue weighted by molar-refractivity contribution is 5.95. The first kappa shape index (κ1) is 17.1. The van der Waals surface area contributed by atoms with E-state index in [1.54, 1.807) is 0 Å². The third-order valence-corrected chi connectivity index (χ3v) is 3.60. The number of amides is 2. The smallest absolute Gasteiger partial charge is 0.416 e. The standard InChI is InChI=1S/C15H17F3N2O3/c1-23-12-7-9(6-10(8-12)15(16,17)18)14(22)20-11-2-3-13(21)19-5-4-11/h6-8,11H,2-5H2,1H3,(H,19,21)(H,20,22). The lowest BCUT2D eigenvalue weighted by Gasteiger charge is -2.17. The van der Waals surface area contributed by atoms with Gasteiger partial charge < -0.3 is 15.4 Å². The van der Waals surface area contributed by atoms with Crippen LogP contribution < -0.4 is 15.4 Å². The second-order valence-corrected chi connectivity index (χ2v) is 5.30. The maximum Gasteiger partial charge on any atom is 0.416 e. The van der Waals surface area contributed by atoms with E-state index in [-0.39, 0.29) is 29.7 Å². The summed E-state index contributed by atoms with van der Waals surface area (Å²) < 4.78 is 43.4. The van der Waals surface area contributed by atoms with Gasteiger partial charge in [-0.3, -0.25) is 9.59 Å². The zero-order valence-electron chi connectivity index (χ0n) is 12.5. The average Bonchev–Trinajstić information content (AvgIpc) is 2.70. The van der Waals surface area contributed by atoms with Gasteiger partial charge in [0, 0.05) is 24.6 Å². The fraction of sp³-hybridized carbons (Fsp3) is 0.467. The zero-order valence-corrected chi connectivity index (χ0v) is 12.5. The van der Waals surface area contributed by atoms with Gasteiger partial charge in [0.2, 0.25) is 5.91 Å². The molecule has 5 nitrogen and oxygen atoms in total. The van der Waals surface area contributed by atoms with Gasteiger partial charge in [-0.25, -0.2) is 0 Å². The summed E-state index contributed by atoms with van der Waals surface area (Å²) in [4.78, 5) is 23.5. The number of halogens is 3. The van der Waals surface area contributed by atoms with E-state index >= 15 is 0 Å². The van der Waals surface area contributed by atoms with Gasteiger partial charge in [-0.2, -0.15) is 13.2 Å². The highest BCUT2D eigenvalue weighted by Crippen LogP contribution is 2.32. The van der Waals surface area contributed by atoms with Gasteiger partial charge in [-0.15, -0.1) is 0 Å². The normalized spacial score (nSPS) is 18.8. The molecule has 8 heteroatoms. The van der Waals surface area contributed by atoms with E-state index in [1.165, 1.54) is 13.2 Å². The number of rotatable bonds is 3. The molecule has 0 saturated carbocycles. The first-order valence-electron chi connectivity index (χ1n) is 7.13. The van der Waals surface area contributed by atoms with Gasteiger partial charge in [-0.05, 0) is 31.0 Å². The van der Waals surface area contributed by atoms with Crippen LogP contribution in [0.25, 0.3) is 0 Å². The number of hydrogen-bond acceptors (Lipinski definition) is 3. The molecule has 1 aliphatic rings. The van der Waals surface area contributed by atoms with E-state index in [0.29, 0.717) is 19.4 Å². The fourth-order valence-electron chi connectivity index (χ4n) is 2.35. The van der Waals surface area contributed by atoms with Gasteiger partial charge in [0.15, 0.2) is 0 Å². The van der Waals surface area contributed by atoms with Crippen LogP contribution in [0.5, 0.6) is 5.75 Å². The van der Waals surface area contributed by atoms with Crippen LogP contribution in [-0.2, 0) is 11.0 Å². The van der Waals surface area contributed by atoms with E-state index in [4.69, 9.17) is 4.74 Å². The Labute approximate surface area is 131 Å². The molecule has 23 heavy (non-hydrogen) atoms. The van der Waals surface area contributed by atoms with E-state index in [9.17, 15) is 22.8 Å². The monoisotopic (exact) mass is 330 g/mol. The molecule has 1 aliphatic heterocycles. The third-order valence-electron chi connectivity index (χ3n) is 3.60. The highest BCUT2D eigenvalue weighted by atomic mass is 19.4. The molecule has 1 aromatic rings. The Hall–Kier alpha value is -2.25. The van der Waals surface area contributed by atoms with E-state index < -0.39 is 17.6 Å². The molecule has 0 aliphatic carbocycles.